The molecule has 1 amide bonds. The minimum absolute atomic E-state index is 0.0492. The molecule has 0 fully saturated rings. The Morgan fingerprint density at radius 2 is 1.89 bits per heavy atom. The number of ether oxygens (including phenoxy) is 2. The number of carbonyl (C=O) groups is 1. The molecule has 0 aliphatic rings. The summed E-state index contributed by atoms with van der Waals surface area (Å²) in [7, 11) is 1.61. The molecule has 0 saturated carbocycles. The van der Waals surface area contributed by atoms with Crippen LogP contribution < -0.4 is 14.8 Å². The summed E-state index contributed by atoms with van der Waals surface area (Å²) in [5, 5.41) is 3.69. The summed E-state index contributed by atoms with van der Waals surface area (Å²) < 4.78 is 11.1. The van der Waals surface area contributed by atoms with Crippen LogP contribution in [0.5, 0.6) is 11.5 Å². The van der Waals surface area contributed by atoms with Gasteiger partial charge in [0, 0.05) is 22.9 Å². The van der Waals surface area contributed by atoms with Crippen molar-refractivity contribution in [2.45, 2.75) is 44.2 Å². The molecule has 0 aliphatic carbocycles. The number of rotatable bonds is 10. The highest BCUT2D eigenvalue weighted by molar-refractivity contribution is 7.99. The second-order valence-electron chi connectivity index (χ2n) is 6.33. The third-order valence-electron chi connectivity index (χ3n) is 3.71. The van der Waals surface area contributed by atoms with Gasteiger partial charge in [-0.15, -0.1) is 11.8 Å². The summed E-state index contributed by atoms with van der Waals surface area (Å²) in [5.41, 5.74) is 0.979. The van der Waals surface area contributed by atoms with Gasteiger partial charge in [-0.3, -0.25) is 4.79 Å². The number of hydrogen-bond acceptors (Lipinski definition) is 4. The van der Waals surface area contributed by atoms with E-state index in [-0.39, 0.29) is 12.0 Å². The standard InChI is InChI=1S/C21H26ClNO3S/c1-15(2)26-19-11-6-16(13-20(19)25-3)14-23-21(24)5-4-12-27-18-9-7-17(22)8-10-18/h6-11,13,15H,4-5,12,14H2,1-3H3,(H,23,24). The largest absolute Gasteiger partial charge is 0.493 e. The molecule has 2 aromatic rings. The fourth-order valence-corrected chi connectivity index (χ4v) is 3.39. The monoisotopic (exact) mass is 407 g/mol. The SMILES string of the molecule is COc1cc(CNC(=O)CCCSc2ccc(Cl)cc2)ccc1OC(C)C. The average Bonchev–Trinajstić information content (AvgIpc) is 2.65. The molecule has 0 aliphatic heterocycles. The van der Waals surface area contributed by atoms with Gasteiger partial charge in [-0.2, -0.15) is 0 Å². The van der Waals surface area contributed by atoms with Gasteiger partial charge in [0.15, 0.2) is 11.5 Å². The Balaban J connectivity index is 1.72. The second kappa shape index (κ2) is 11.1. The molecule has 0 bridgehead atoms. The highest BCUT2D eigenvalue weighted by atomic mass is 35.5. The maximum Gasteiger partial charge on any atom is 0.220 e. The Morgan fingerprint density at radius 3 is 2.56 bits per heavy atom. The molecule has 0 saturated heterocycles. The number of halogens is 1. The van der Waals surface area contributed by atoms with Gasteiger partial charge in [-0.1, -0.05) is 17.7 Å². The topological polar surface area (TPSA) is 47.6 Å². The van der Waals surface area contributed by atoms with Crippen LogP contribution in [0.2, 0.25) is 5.02 Å². The smallest absolute Gasteiger partial charge is 0.220 e. The van der Waals surface area contributed by atoms with E-state index in [1.54, 1.807) is 18.9 Å². The van der Waals surface area contributed by atoms with Gasteiger partial charge in [0.2, 0.25) is 5.91 Å². The van der Waals surface area contributed by atoms with E-state index in [1.165, 1.54) is 0 Å². The number of carbonyl (C=O) groups excluding carboxylic acids is 1. The average molecular weight is 408 g/mol. The number of methoxy groups -OCH3 is 1. The van der Waals surface area contributed by atoms with E-state index < -0.39 is 0 Å². The van der Waals surface area contributed by atoms with Crippen molar-refractivity contribution < 1.29 is 14.3 Å². The van der Waals surface area contributed by atoms with Gasteiger partial charge in [0.1, 0.15) is 0 Å². The molecule has 2 rings (SSSR count). The molecule has 1 N–H and O–H groups in total. The molecule has 0 heterocycles. The van der Waals surface area contributed by atoms with Crippen molar-refractivity contribution in [3.8, 4) is 11.5 Å². The highest BCUT2D eigenvalue weighted by Crippen LogP contribution is 2.29. The minimum Gasteiger partial charge on any atom is -0.493 e. The van der Waals surface area contributed by atoms with Gasteiger partial charge in [0.05, 0.1) is 13.2 Å². The van der Waals surface area contributed by atoms with Crippen LogP contribution in [-0.2, 0) is 11.3 Å². The predicted molar refractivity (Wildman–Crippen MR) is 112 cm³/mol. The summed E-state index contributed by atoms with van der Waals surface area (Å²) in [5.74, 6) is 2.33. The Kier molecular flexibility index (Phi) is 8.82. The summed E-state index contributed by atoms with van der Waals surface area (Å²) in [6.07, 6.45) is 1.41. The first kappa shape index (κ1) is 21.5. The van der Waals surface area contributed by atoms with Gasteiger partial charge >= 0.3 is 0 Å². The van der Waals surface area contributed by atoms with Crippen LogP contribution in [0.15, 0.2) is 47.4 Å². The van der Waals surface area contributed by atoms with Crippen molar-refractivity contribution in [2.24, 2.45) is 0 Å². The molecule has 0 radical (unpaired) electrons. The normalized spacial score (nSPS) is 10.7. The van der Waals surface area contributed by atoms with E-state index in [1.807, 2.05) is 56.3 Å². The van der Waals surface area contributed by atoms with E-state index >= 15 is 0 Å². The van der Waals surface area contributed by atoms with E-state index in [4.69, 9.17) is 21.1 Å². The first-order chi connectivity index (χ1) is 13.0. The number of nitrogens with one attached hydrogen (secondary N) is 1. The molecule has 0 spiro atoms. The van der Waals surface area contributed by atoms with Crippen molar-refractivity contribution in [1.29, 1.82) is 0 Å². The Hall–Kier alpha value is -1.85. The van der Waals surface area contributed by atoms with E-state index in [0.29, 0.717) is 24.5 Å². The Morgan fingerprint density at radius 1 is 1.15 bits per heavy atom. The van der Waals surface area contributed by atoms with Crippen LogP contribution >= 0.6 is 23.4 Å². The molecule has 4 nitrogen and oxygen atoms in total. The van der Waals surface area contributed by atoms with Crippen LogP contribution in [0.1, 0.15) is 32.3 Å². The number of benzene rings is 2. The van der Waals surface area contributed by atoms with E-state index in [2.05, 4.69) is 5.32 Å². The number of thioether (sulfide) groups is 1. The summed E-state index contributed by atoms with van der Waals surface area (Å²) in [6, 6.07) is 13.5. The zero-order valence-corrected chi connectivity index (χ0v) is 17.5. The van der Waals surface area contributed by atoms with E-state index in [0.717, 1.165) is 27.7 Å². The van der Waals surface area contributed by atoms with Crippen LogP contribution in [0.3, 0.4) is 0 Å². The summed E-state index contributed by atoms with van der Waals surface area (Å²) >= 11 is 7.60. The number of hydrogen-bond donors (Lipinski definition) is 1. The summed E-state index contributed by atoms with van der Waals surface area (Å²) in [4.78, 5) is 13.2. The van der Waals surface area contributed by atoms with Gasteiger partial charge in [-0.05, 0) is 68.0 Å². The fraction of sp³-hybridized carbons (Fsp3) is 0.381. The van der Waals surface area contributed by atoms with Crippen molar-refractivity contribution in [3.63, 3.8) is 0 Å². The maximum atomic E-state index is 12.0. The molecule has 0 atom stereocenters. The molecule has 27 heavy (non-hydrogen) atoms. The van der Waals surface area contributed by atoms with Crippen LogP contribution in [0.4, 0.5) is 0 Å². The molecule has 146 valence electrons. The quantitative estimate of drug-likeness (QED) is 0.427. The second-order valence-corrected chi connectivity index (χ2v) is 7.94. The van der Waals surface area contributed by atoms with Gasteiger partial charge < -0.3 is 14.8 Å². The van der Waals surface area contributed by atoms with Crippen LogP contribution in [0, 0.1) is 0 Å². The lowest BCUT2D eigenvalue weighted by Crippen LogP contribution is -2.22. The fourth-order valence-electron chi connectivity index (χ4n) is 2.42. The zero-order valence-electron chi connectivity index (χ0n) is 16.0. The lowest BCUT2D eigenvalue weighted by molar-refractivity contribution is -0.121. The lowest BCUT2D eigenvalue weighted by atomic mass is 10.2. The molecular formula is C21H26ClNO3S. The van der Waals surface area contributed by atoms with Crippen molar-refractivity contribution >= 4 is 29.3 Å². The van der Waals surface area contributed by atoms with Crippen molar-refractivity contribution in [3.05, 3.63) is 53.1 Å². The van der Waals surface area contributed by atoms with E-state index in [9.17, 15) is 4.79 Å². The molecule has 0 aromatic heterocycles. The zero-order chi connectivity index (χ0) is 19.6. The van der Waals surface area contributed by atoms with Crippen LogP contribution in [-0.4, -0.2) is 24.9 Å². The van der Waals surface area contributed by atoms with Gasteiger partial charge in [-0.25, -0.2) is 0 Å². The molecule has 6 heteroatoms. The van der Waals surface area contributed by atoms with Crippen molar-refractivity contribution in [2.75, 3.05) is 12.9 Å². The molecule has 2 aromatic carbocycles. The third kappa shape index (κ3) is 7.73. The van der Waals surface area contributed by atoms with Crippen LogP contribution in [0.25, 0.3) is 0 Å². The Bertz CT molecular complexity index is 735. The predicted octanol–water partition coefficient (Wildman–Crippen LogP) is 5.32. The summed E-state index contributed by atoms with van der Waals surface area (Å²) in [6.45, 7) is 4.42. The van der Waals surface area contributed by atoms with Gasteiger partial charge in [0.25, 0.3) is 0 Å². The Labute approximate surface area is 170 Å². The molecule has 0 unspecified atom stereocenters. The van der Waals surface area contributed by atoms with Crippen molar-refractivity contribution in [1.82, 2.24) is 5.32 Å². The first-order valence-corrected chi connectivity index (χ1v) is 10.3. The minimum atomic E-state index is 0.0492. The molecular weight excluding hydrogens is 382 g/mol. The maximum absolute atomic E-state index is 12.0. The number of amides is 1. The lowest BCUT2D eigenvalue weighted by Gasteiger charge is -2.14. The third-order valence-corrected chi connectivity index (χ3v) is 5.06. The highest BCUT2D eigenvalue weighted by Gasteiger charge is 2.08. The first-order valence-electron chi connectivity index (χ1n) is 8.96.